The summed E-state index contributed by atoms with van der Waals surface area (Å²) < 4.78 is 0. The molecule has 1 heterocycles. The van der Waals surface area contributed by atoms with Crippen LogP contribution >= 0.6 is 24.0 Å². The minimum Gasteiger partial charge on any atom is -0.377 e. The fourth-order valence-corrected chi connectivity index (χ4v) is 3.14. The largest absolute Gasteiger partial charge is 0.377 e. The number of halogens is 2. The summed E-state index contributed by atoms with van der Waals surface area (Å²) in [5.41, 5.74) is 2.78. The van der Waals surface area contributed by atoms with Gasteiger partial charge < -0.3 is 16.0 Å². The molecule has 2 atom stereocenters. The first-order valence-corrected chi connectivity index (χ1v) is 9.05. The first kappa shape index (κ1) is 20.6. The highest BCUT2D eigenvalue weighted by molar-refractivity contribution is 6.33. The monoisotopic (exact) mass is 393 g/mol. The van der Waals surface area contributed by atoms with Crippen LogP contribution in [0.4, 0.5) is 11.4 Å². The molecule has 1 aliphatic rings. The van der Waals surface area contributed by atoms with Crippen molar-refractivity contribution in [3.05, 3.63) is 59.1 Å². The fraction of sp³-hybridized carbons (Fsp3) is 0.350. The zero-order valence-electron chi connectivity index (χ0n) is 15.0. The van der Waals surface area contributed by atoms with E-state index in [4.69, 9.17) is 11.6 Å². The Kier molecular flexibility index (Phi) is 7.33. The fourth-order valence-electron chi connectivity index (χ4n) is 2.90. The summed E-state index contributed by atoms with van der Waals surface area (Å²) in [5.74, 6) is 0.458. The summed E-state index contributed by atoms with van der Waals surface area (Å²) >= 11 is 6.40. The summed E-state index contributed by atoms with van der Waals surface area (Å²) in [7, 11) is 0. The van der Waals surface area contributed by atoms with Crippen molar-refractivity contribution < 1.29 is 4.79 Å². The van der Waals surface area contributed by atoms with Crippen LogP contribution in [0.3, 0.4) is 0 Å². The van der Waals surface area contributed by atoms with Gasteiger partial charge in [-0.25, -0.2) is 0 Å². The maximum absolute atomic E-state index is 12.3. The Bertz CT molecular complexity index is 735. The van der Waals surface area contributed by atoms with E-state index in [-0.39, 0.29) is 30.3 Å². The molecule has 26 heavy (non-hydrogen) atoms. The predicted octanol–water partition coefficient (Wildman–Crippen LogP) is 4.73. The van der Waals surface area contributed by atoms with Crippen LogP contribution in [0.1, 0.15) is 25.5 Å². The molecule has 0 bridgehead atoms. The molecule has 2 aromatic carbocycles. The lowest BCUT2D eigenvalue weighted by molar-refractivity contribution is -0.121. The molecule has 6 heteroatoms. The highest BCUT2D eigenvalue weighted by Gasteiger charge is 2.28. The van der Waals surface area contributed by atoms with Gasteiger partial charge >= 0.3 is 0 Å². The van der Waals surface area contributed by atoms with Crippen molar-refractivity contribution in [1.29, 1.82) is 0 Å². The molecule has 2 aromatic rings. The minimum atomic E-state index is -0.00377. The summed E-state index contributed by atoms with van der Waals surface area (Å²) in [6, 6.07) is 15.9. The first-order valence-electron chi connectivity index (χ1n) is 8.67. The van der Waals surface area contributed by atoms with Gasteiger partial charge in [-0.05, 0) is 49.7 Å². The second kappa shape index (κ2) is 9.26. The number of hydrogen-bond donors (Lipinski definition) is 3. The van der Waals surface area contributed by atoms with E-state index < -0.39 is 0 Å². The van der Waals surface area contributed by atoms with Crippen molar-refractivity contribution in [3.8, 4) is 0 Å². The summed E-state index contributed by atoms with van der Waals surface area (Å²) in [6.07, 6.45) is 0. The van der Waals surface area contributed by atoms with Crippen LogP contribution in [0.15, 0.2) is 48.5 Å². The average Bonchev–Trinajstić information content (AvgIpc) is 2.56. The Morgan fingerprint density at radius 1 is 1.15 bits per heavy atom. The minimum absolute atomic E-state index is 0. The van der Waals surface area contributed by atoms with E-state index in [2.05, 4.69) is 35.0 Å². The van der Waals surface area contributed by atoms with E-state index in [9.17, 15) is 4.79 Å². The van der Waals surface area contributed by atoms with E-state index in [1.807, 2.05) is 37.3 Å². The number of anilines is 2. The molecule has 0 aromatic heterocycles. The lowest BCUT2D eigenvalue weighted by atomic mass is 9.88. The Balaban J connectivity index is 0.00000243. The number of benzene rings is 2. The van der Waals surface area contributed by atoms with Crippen molar-refractivity contribution in [1.82, 2.24) is 5.32 Å². The maximum Gasteiger partial charge on any atom is 0.227 e. The topological polar surface area (TPSA) is 53.2 Å². The molecule has 0 spiro atoms. The molecule has 2 unspecified atom stereocenters. The van der Waals surface area contributed by atoms with Crippen LogP contribution in [0.2, 0.25) is 5.02 Å². The second-order valence-corrected chi connectivity index (χ2v) is 7.07. The molecule has 3 N–H and O–H groups in total. The maximum atomic E-state index is 12.3. The highest BCUT2D eigenvalue weighted by atomic mass is 35.5. The molecule has 0 aliphatic carbocycles. The summed E-state index contributed by atoms with van der Waals surface area (Å²) in [4.78, 5) is 12.3. The van der Waals surface area contributed by atoms with E-state index >= 15 is 0 Å². The summed E-state index contributed by atoms with van der Waals surface area (Å²) in [5, 5.41) is 10.2. The van der Waals surface area contributed by atoms with E-state index in [0.29, 0.717) is 10.9 Å². The van der Waals surface area contributed by atoms with Gasteiger partial charge in [0.15, 0.2) is 0 Å². The van der Waals surface area contributed by atoms with E-state index in [1.54, 1.807) is 6.07 Å². The molecule has 140 valence electrons. The van der Waals surface area contributed by atoms with E-state index in [1.165, 1.54) is 5.56 Å². The Labute approximate surface area is 166 Å². The van der Waals surface area contributed by atoms with Crippen molar-refractivity contribution in [2.75, 3.05) is 23.7 Å². The Morgan fingerprint density at radius 2 is 1.85 bits per heavy atom. The average molecular weight is 394 g/mol. The van der Waals surface area contributed by atoms with Crippen molar-refractivity contribution >= 4 is 41.3 Å². The third-order valence-corrected chi connectivity index (χ3v) is 5.15. The molecule has 0 saturated carbocycles. The Morgan fingerprint density at radius 3 is 2.42 bits per heavy atom. The van der Waals surface area contributed by atoms with Gasteiger partial charge in [-0.15, -0.1) is 12.4 Å². The van der Waals surface area contributed by atoms with Crippen LogP contribution < -0.4 is 16.0 Å². The number of nitrogens with one attached hydrogen (secondary N) is 3. The van der Waals surface area contributed by atoms with Crippen LogP contribution in [0.25, 0.3) is 0 Å². The van der Waals surface area contributed by atoms with Gasteiger partial charge in [0.25, 0.3) is 0 Å². The summed E-state index contributed by atoms with van der Waals surface area (Å²) in [6.45, 7) is 5.89. The zero-order chi connectivity index (χ0) is 17.8. The molecular weight excluding hydrogens is 369 g/mol. The van der Waals surface area contributed by atoms with Gasteiger partial charge in [0.1, 0.15) is 0 Å². The van der Waals surface area contributed by atoms with Crippen LogP contribution in [0.5, 0.6) is 0 Å². The lowest BCUT2D eigenvalue weighted by Crippen LogP contribution is -2.48. The zero-order valence-corrected chi connectivity index (χ0v) is 16.5. The number of amides is 1. The third kappa shape index (κ3) is 4.91. The Hall–Kier alpha value is -1.75. The van der Waals surface area contributed by atoms with Crippen LogP contribution in [-0.2, 0) is 4.79 Å². The number of carbonyl (C=O) groups excluding carboxylic acids is 1. The normalized spacial score (nSPS) is 16.0. The first-order chi connectivity index (χ1) is 12.0. The molecule has 1 saturated heterocycles. The van der Waals surface area contributed by atoms with Crippen LogP contribution in [0, 0.1) is 11.8 Å². The SMILES string of the molecule is CC(Nc1ccc(NC(=O)C(C)C2CNC2)cc1Cl)c1ccccc1.Cl. The van der Waals surface area contributed by atoms with Gasteiger partial charge in [-0.1, -0.05) is 48.9 Å². The van der Waals surface area contributed by atoms with E-state index in [0.717, 1.165) is 24.5 Å². The molecular formula is C20H25Cl2N3O. The van der Waals surface area contributed by atoms with Gasteiger partial charge in [0.2, 0.25) is 5.91 Å². The quantitative estimate of drug-likeness (QED) is 0.664. The second-order valence-electron chi connectivity index (χ2n) is 6.67. The van der Waals surface area contributed by atoms with Crippen molar-refractivity contribution in [2.24, 2.45) is 11.8 Å². The smallest absolute Gasteiger partial charge is 0.227 e. The van der Waals surface area contributed by atoms with Crippen molar-refractivity contribution in [3.63, 3.8) is 0 Å². The molecule has 1 fully saturated rings. The predicted molar refractivity (Wildman–Crippen MR) is 111 cm³/mol. The third-order valence-electron chi connectivity index (χ3n) is 4.84. The number of hydrogen-bond acceptors (Lipinski definition) is 3. The van der Waals surface area contributed by atoms with Gasteiger partial charge in [0, 0.05) is 17.6 Å². The van der Waals surface area contributed by atoms with Crippen molar-refractivity contribution in [2.45, 2.75) is 19.9 Å². The molecule has 4 nitrogen and oxygen atoms in total. The molecule has 0 radical (unpaired) electrons. The number of carbonyl (C=O) groups is 1. The standard InChI is InChI=1S/C20H24ClN3O.ClH/c1-13(16-11-22-12-16)20(25)24-17-8-9-19(18(21)10-17)23-14(2)15-6-4-3-5-7-15;/h3-10,13-14,16,22-23H,11-12H2,1-2H3,(H,24,25);1H. The number of rotatable bonds is 6. The van der Waals surface area contributed by atoms with Gasteiger partial charge in [-0.2, -0.15) is 0 Å². The van der Waals surface area contributed by atoms with Crippen LogP contribution in [-0.4, -0.2) is 19.0 Å². The lowest BCUT2D eigenvalue weighted by Gasteiger charge is -2.31. The van der Waals surface area contributed by atoms with Gasteiger partial charge in [0.05, 0.1) is 10.7 Å². The van der Waals surface area contributed by atoms with Gasteiger partial charge in [-0.3, -0.25) is 4.79 Å². The highest BCUT2D eigenvalue weighted by Crippen LogP contribution is 2.29. The molecule has 1 aliphatic heterocycles. The molecule has 1 amide bonds. The molecule has 3 rings (SSSR count).